The highest BCUT2D eigenvalue weighted by Crippen LogP contribution is 2.10. The SMILES string of the molecule is Cc1nn(C)c2c(=O)n(C)c(=O)oc12. The van der Waals surface area contributed by atoms with Crippen molar-refractivity contribution in [2.45, 2.75) is 6.92 Å². The van der Waals surface area contributed by atoms with Gasteiger partial charge in [-0.1, -0.05) is 0 Å². The molecule has 0 spiro atoms. The Morgan fingerprint density at radius 3 is 2.57 bits per heavy atom. The van der Waals surface area contributed by atoms with E-state index in [4.69, 9.17) is 4.42 Å². The summed E-state index contributed by atoms with van der Waals surface area (Å²) in [6, 6.07) is 0. The highest BCUT2D eigenvalue weighted by Gasteiger charge is 2.13. The molecule has 0 bridgehead atoms. The molecular formula is C8H9N3O3. The fourth-order valence-electron chi connectivity index (χ4n) is 1.39. The van der Waals surface area contributed by atoms with E-state index in [0.29, 0.717) is 11.2 Å². The summed E-state index contributed by atoms with van der Waals surface area (Å²) in [7, 11) is 3.01. The third-order valence-corrected chi connectivity index (χ3v) is 2.14. The monoisotopic (exact) mass is 195 g/mol. The number of nitrogens with zero attached hydrogens (tertiary/aromatic N) is 3. The number of hydrogen-bond acceptors (Lipinski definition) is 4. The molecule has 6 nitrogen and oxygen atoms in total. The lowest BCUT2D eigenvalue weighted by Crippen LogP contribution is -2.30. The summed E-state index contributed by atoms with van der Waals surface area (Å²) in [5.41, 5.74) is 0.724. The average Bonchev–Trinajstić information content (AvgIpc) is 2.38. The molecule has 14 heavy (non-hydrogen) atoms. The smallest absolute Gasteiger partial charge is 0.405 e. The number of fused-ring (bicyclic) bond motifs is 1. The predicted molar refractivity (Wildman–Crippen MR) is 49.2 cm³/mol. The molecule has 2 aromatic heterocycles. The fourth-order valence-corrected chi connectivity index (χ4v) is 1.39. The van der Waals surface area contributed by atoms with E-state index in [1.807, 2.05) is 0 Å². The molecule has 0 aliphatic rings. The Hall–Kier alpha value is -1.85. The number of aryl methyl sites for hydroxylation is 2. The standard InChI is InChI=1S/C8H9N3O3/c1-4-6-5(11(3)9-4)7(12)10(2)8(13)14-6/h1-3H3. The topological polar surface area (TPSA) is 70.0 Å². The molecule has 2 heterocycles. The van der Waals surface area contributed by atoms with E-state index >= 15 is 0 Å². The van der Waals surface area contributed by atoms with Gasteiger partial charge in [0.25, 0.3) is 5.56 Å². The summed E-state index contributed by atoms with van der Waals surface area (Å²) in [5.74, 6) is -0.668. The molecule has 0 fully saturated rings. The number of rotatable bonds is 0. The second kappa shape index (κ2) is 2.57. The van der Waals surface area contributed by atoms with E-state index in [1.165, 1.54) is 11.7 Å². The summed E-state index contributed by atoms with van der Waals surface area (Å²) in [5, 5.41) is 4.00. The first-order valence-corrected chi connectivity index (χ1v) is 4.06. The van der Waals surface area contributed by atoms with Crippen molar-refractivity contribution >= 4 is 11.1 Å². The van der Waals surface area contributed by atoms with Crippen molar-refractivity contribution in [1.29, 1.82) is 0 Å². The maximum absolute atomic E-state index is 11.6. The van der Waals surface area contributed by atoms with Crippen LogP contribution in [-0.2, 0) is 14.1 Å². The zero-order valence-corrected chi connectivity index (χ0v) is 8.07. The Bertz CT molecular complexity index is 617. The lowest BCUT2D eigenvalue weighted by atomic mass is 10.4. The molecule has 0 aromatic carbocycles. The second-order valence-electron chi connectivity index (χ2n) is 3.12. The molecule has 0 aliphatic carbocycles. The number of hydrogen-bond donors (Lipinski definition) is 0. The molecule has 0 atom stereocenters. The fraction of sp³-hybridized carbons (Fsp3) is 0.375. The molecule has 0 saturated carbocycles. The average molecular weight is 195 g/mol. The highest BCUT2D eigenvalue weighted by molar-refractivity contribution is 5.73. The highest BCUT2D eigenvalue weighted by atomic mass is 16.4. The van der Waals surface area contributed by atoms with Gasteiger partial charge in [0, 0.05) is 14.1 Å². The Balaban J connectivity index is 3.18. The van der Waals surface area contributed by atoms with Crippen molar-refractivity contribution in [2.75, 3.05) is 0 Å². The van der Waals surface area contributed by atoms with Crippen LogP contribution in [0.2, 0.25) is 0 Å². The maximum Gasteiger partial charge on any atom is 0.422 e. The van der Waals surface area contributed by atoms with Crippen LogP contribution in [0.4, 0.5) is 0 Å². The minimum Gasteiger partial charge on any atom is -0.405 e. The van der Waals surface area contributed by atoms with Gasteiger partial charge in [-0.05, 0) is 6.92 Å². The van der Waals surface area contributed by atoms with Gasteiger partial charge in [-0.15, -0.1) is 0 Å². The summed E-state index contributed by atoms with van der Waals surface area (Å²) in [4.78, 5) is 22.8. The normalized spacial score (nSPS) is 11.1. The van der Waals surface area contributed by atoms with Gasteiger partial charge in [-0.25, -0.2) is 9.36 Å². The Morgan fingerprint density at radius 2 is 1.93 bits per heavy atom. The molecular weight excluding hydrogens is 186 g/mol. The van der Waals surface area contributed by atoms with Gasteiger partial charge in [0.15, 0.2) is 11.1 Å². The summed E-state index contributed by atoms with van der Waals surface area (Å²) in [6.07, 6.45) is 0. The molecule has 0 unspecified atom stereocenters. The van der Waals surface area contributed by atoms with Crippen LogP contribution >= 0.6 is 0 Å². The maximum atomic E-state index is 11.6. The summed E-state index contributed by atoms with van der Waals surface area (Å²) >= 11 is 0. The van der Waals surface area contributed by atoms with Gasteiger partial charge in [0.1, 0.15) is 5.69 Å². The van der Waals surface area contributed by atoms with Crippen LogP contribution in [0.25, 0.3) is 11.1 Å². The zero-order valence-electron chi connectivity index (χ0n) is 8.07. The number of aromatic nitrogens is 3. The Kier molecular flexibility index (Phi) is 1.60. The lowest BCUT2D eigenvalue weighted by molar-refractivity contribution is 0.483. The van der Waals surface area contributed by atoms with E-state index < -0.39 is 5.76 Å². The van der Waals surface area contributed by atoms with Crippen LogP contribution in [0.3, 0.4) is 0 Å². The molecule has 0 aliphatic heterocycles. The van der Waals surface area contributed by atoms with E-state index in [1.54, 1.807) is 14.0 Å². The molecule has 2 aromatic rings. The molecule has 0 N–H and O–H groups in total. The van der Waals surface area contributed by atoms with E-state index in [0.717, 1.165) is 4.57 Å². The second-order valence-corrected chi connectivity index (χ2v) is 3.12. The predicted octanol–water partition coefficient (Wildman–Crippen LogP) is -0.466. The zero-order chi connectivity index (χ0) is 10.5. The van der Waals surface area contributed by atoms with E-state index in [-0.39, 0.29) is 11.1 Å². The minimum atomic E-state index is -0.668. The van der Waals surface area contributed by atoms with Crippen molar-refractivity contribution in [3.05, 3.63) is 26.6 Å². The van der Waals surface area contributed by atoms with Crippen LogP contribution in [0.5, 0.6) is 0 Å². The van der Waals surface area contributed by atoms with Gasteiger partial charge in [-0.3, -0.25) is 9.48 Å². The van der Waals surface area contributed by atoms with Crippen molar-refractivity contribution in [3.63, 3.8) is 0 Å². The van der Waals surface area contributed by atoms with Crippen molar-refractivity contribution in [2.24, 2.45) is 14.1 Å². The van der Waals surface area contributed by atoms with Crippen LogP contribution in [0.1, 0.15) is 5.69 Å². The van der Waals surface area contributed by atoms with Crippen molar-refractivity contribution < 1.29 is 4.42 Å². The molecule has 0 saturated heterocycles. The van der Waals surface area contributed by atoms with Crippen LogP contribution in [-0.4, -0.2) is 14.3 Å². The van der Waals surface area contributed by atoms with E-state index in [9.17, 15) is 9.59 Å². The summed E-state index contributed by atoms with van der Waals surface area (Å²) in [6.45, 7) is 1.69. The first kappa shape index (κ1) is 8.74. The quantitative estimate of drug-likeness (QED) is 0.570. The Morgan fingerprint density at radius 1 is 1.29 bits per heavy atom. The summed E-state index contributed by atoms with van der Waals surface area (Å²) < 4.78 is 7.28. The van der Waals surface area contributed by atoms with Gasteiger partial charge in [0.05, 0.1) is 0 Å². The molecule has 0 radical (unpaired) electrons. The third-order valence-electron chi connectivity index (χ3n) is 2.14. The first-order chi connectivity index (χ1) is 6.52. The van der Waals surface area contributed by atoms with Crippen LogP contribution in [0.15, 0.2) is 14.0 Å². The Labute approximate surface area is 78.4 Å². The third kappa shape index (κ3) is 0.935. The van der Waals surface area contributed by atoms with Crippen LogP contribution in [0, 0.1) is 6.92 Å². The molecule has 2 rings (SSSR count). The van der Waals surface area contributed by atoms with Crippen molar-refractivity contribution in [3.8, 4) is 0 Å². The van der Waals surface area contributed by atoms with E-state index in [2.05, 4.69) is 5.10 Å². The molecule has 6 heteroatoms. The van der Waals surface area contributed by atoms with Gasteiger partial charge < -0.3 is 4.42 Å². The van der Waals surface area contributed by atoms with Gasteiger partial charge in [0.2, 0.25) is 0 Å². The minimum absolute atomic E-state index is 0.264. The van der Waals surface area contributed by atoms with Gasteiger partial charge in [-0.2, -0.15) is 5.10 Å². The van der Waals surface area contributed by atoms with Crippen LogP contribution < -0.4 is 11.3 Å². The van der Waals surface area contributed by atoms with Crippen molar-refractivity contribution in [1.82, 2.24) is 14.3 Å². The first-order valence-electron chi connectivity index (χ1n) is 4.06. The van der Waals surface area contributed by atoms with Gasteiger partial charge >= 0.3 is 5.76 Å². The molecule has 0 amide bonds. The largest absolute Gasteiger partial charge is 0.422 e. The lowest BCUT2D eigenvalue weighted by Gasteiger charge is -1.95. The molecule has 74 valence electrons.